The summed E-state index contributed by atoms with van der Waals surface area (Å²) in [6.07, 6.45) is 0. The number of anilines is 1. The topological polar surface area (TPSA) is 81.4 Å². The predicted molar refractivity (Wildman–Crippen MR) is 69.7 cm³/mol. The van der Waals surface area contributed by atoms with Gasteiger partial charge in [-0.1, -0.05) is 11.6 Å². The third-order valence-corrected chi connectivity index (χ3v) is 2.46. The third kappa shape index (κ3) is 3.45. The van der Waals surface area contributed by atoms with Gasteiger partial charge in [0, 0.05) is 5.02 Å². The Bertz CT molecular complexity index is 481. The molecule has 1 rings (SSSR count). The number of nitrogens with one attached hydrogen (secondary N) is 1. The molecule has 0 aliphatic carbocycles. The van der Waals surface area contributed by atoms with Crippen LogP contribution in [0.1, 0.15) is 24.2 Å². The summed E-state index contributed by atoms with van der Waals surface area (Å²) in [7, 11) is 1.26. The van der Waals surface area contributed by atoms with E-state index in [0.29, 0.717) is 5.02 Å². The van der Waals surface area contributed by atoms with Crippen molar-refractivity contribution in [2.45, 2.75) is 19.4 Å². The maximum Gasteiger partial charge on any atom is 0.339 e. The molecule has 3 N–H and O–H groups in total. The lowest BCUT2D eigenvalue weighted by Crippen LogP contribution is -2.45. The first-order valence-electron chi connectivity index (χ1n) is 5.24. The van der Waals surface area contributed by atoms with Crippen LogP contribution in [-0.2, 0) is 9.53 Å². The van der Waals surface area contributed by atoms with Crippen LogP contribution in [0.3, 0.4) is 0 Å². The van der Waals surface area contributed by atoms with Crippen LogP contribution in [0.25, 0.3) is 0 Å². The minimum atomic E-state index is -1.06. The summed E-state index contributed by atoms with van der Waals surface area (Å²) >= 11 is 5.83. The average Bonchev–Trinajstić information content (AvgIpc) is 2.27. The van der Waals surface area contributed by atoms with Crippen molar-refractivity contribution in [1.82, 2.24) is 0 Å². The molecule has 6 heteroatoms. The Morgan fingerprint density at radius 2 is 2.00 bits per heavy atom. The van der Waals surface area contributed by atoms with E-state index in [2.05, 4.69) is 10.1 Å². The fraction of sp³-hybridized carbons (Fsp3) is 0.333. The molecule has 0 atom stereocenters. The van der Waals surface area contributed by atoms with Gasteiger partial charge in [-0.15, -0.1) is 0 Å². The van der Waals surface area contributed by atoms with Gasteiger partial charge in [0.05, 0.1) is 23.9 Å². The monoisotopic (exact) mass is 270 g/mol. The first-order valence-corrected chi connectivity index (χ1v) is 5.61. The van der Waals surface area contributed by atoms with Gasteiger partial charge in [0.1, 0.15) is 0 Å². The highest BCUT2D eigenvalue weighted by Crippen LogP contribution is 2.22. The van der Waals surface area contributed by atoms with E-state index in [-0.39, 0.29) is 11.3 Å². The zero-order valence-electron chi connectivity index (χ0n) is 10.4. The minimum Gasteiger partial charge on any atom is -0.465 e. The molecule has 0 spiro atoms. The summed E-state index contributed by atoms with van der Waals surface area (Å²) in [5.74, 6) is -0.980. The first kappa shape index (κ1) is 14.5. The highest BCUT2D eigenvalue weighted by Gasteiger charge is 2.24. The Kier molecular flexibility index (Phi) is 4.32. The van der Waals surface area contributed by atoms with Gasteiger partial charge in [0.25, 0.3) is 0 Å². The van der Waals surface area contributed by atoms with Crippen LogP contribution >= 0.6 is 11.6 Å². The van der Waals surface area contributed by atoms with Gasteiger partial charge in [0.15, 0.2) is 0 Å². The van der Waals surface area contributed by atoms with Crippen molar-refractivity contribution in [1.29, 1.82) is 0 Å². The van der Waals surface area contributed by atoms with E-state index in [9.17, 15) is 9.59 Å². The number of amides is 1. The van der Waals surface area contributed by atoms with Crippen LogP contribution < -0.4 is 11.1 Å². The molecule has 0 heterocycles. The Morgan fingerprint density at radius 1 is 1.39 bits per heavy atom. The Hall–Kier alpha value is -1.59. The zero-order valence-corrected chi connectivity index (χ0v) is 11.2. The van der Waals surface area contributed by atoms with E-state index in [1.165, 1.54) is 25.3 Å². The van der Waals surface area contributed by atoms with E-state index in [4.69, 9.17) is 17.3 Å². The first-order chi connectivity index (χ1) is 8.25. The van der Waals surface area contributed by atoms with E-state index in [0.717, 1.165) is 0 Å². The Morgan fingerprint density at radius 3 is 2.50 bits per heavy atom. The van der Waals surface area contributed by atoms with E-state index < -0.39 is 17.4 Å². The second kappa shape index (κ2) is 5.37. The summed E-state index contributed by atoms with van der Waals surface area (Å²) in [5.41, 5.74) is 5.10. The van der Waals surface area contributed by atoms with Gasteiger partial charge < -0.3 is 15.8 Å². The SMILES string of the molecule is COC(=O)c1ccc(Cl)cc1NC(=O)C(C)(C)N. The molecule has 98 valence electrons. The van der Waals surface area contributed by atoms with Gasteiger partial charge in [0.2, 0.25) is 5.91 Å². The van der Waals surface area contributed by atoms with Crippen LogP contribution in [0.15, 0.2) is 18.2 Å². The molecule has 0 saturated heterocycles. The number of rotatable bonds is 3. The molecule has 1 aromatic carbocycles. The molecule has 5 nitrogen and oxygen atoms in total. The summed E-state index contributed by atoms with van der Waals surface area (Å²) in [4.78, 5) is 23.3. The number of nitrogens with two attached hydrogens (primary N) is 1. The number of carbonyl (C=O) groups is 2. The smallest absolute Gasteiger partial charge is 0.339 e. The summed E-state index contributed by atoms with van der Waals surface area (Å²) < 4.78 is 4.62. The quantitative estimate of drug-likeness (QED) is 0.821. The zero-order chi connectivity index (χ0) is 13.9. The molecule has 1 amide bonds. The fourth-order valence-electron chi connectivity index (χ4n) is 1.19. The minimum absolute atomic E-state index is 0.222. The van der Waals surface area contributed by atoms with E-state index in [1.807, 2.05) is 0 Å². The molecule has 0 radical (unpaired) electrons. The normalized spacial score (nSPS) is 10.9. The fourth-order valence-corrected chi connectivity index (χ4v) is 1.36. The lowest BCUT2D eigenvalue weighted by molar-refractivity contribution is -0.120. The molecule has 0 fully saturated rings. The molecule has 0 saturated carbocycles. The van der Waals surface area contributed by atoms with Crippen molar-refractivity contribution in [2.75, 3.05) is 12.4 Å². The van der Waals surface area contributed by atoms with Crippen LogP contribution in [0.2, 0.25) is 5.02 Å². The second-order valence-electron chi connectivity index (χ2n) is 4.36. The molecule has 0 unspecified atom stereocenters. The van der Waals surface area contributed by atoms with Crippen molar-refractivity contribution in [2.24, 2.45) is 5.73 Å². The maximum atomic E-state index is 11.8. The van der Waals surface area contributed by atoms with Crippen molar-refractivity contribution in [3.8, 4) is 0 Å². The number of ether oxygens (including phenoxy) is 1. The van der Waals surface area contributed by atoms with Gasteiger partial charge in [-0.25, -0.2) is 4.79 Å². The van der Waals surface area contributed by atoms with Crippen LogP contribution in [0.4, 0.5) is 5.69 Å². The standard InChI is InChI=1S/C12H15ClN2O3/c1-12(2,14)11(17)15-9-6-7(13)4-5-8(9)10(16)18-3/h4-6H,14H2,1-3H3,(H,15,17). The lowest BCUT2D eigenvalue weighted by atomic mass is 10.1. The van der Waals surface area contributed by atoms with Gasteiger partial charge >= 0.3 is 5.97 Å². The predicted octanol–water partition coefficient (Wildman–Crippen LogP) is 1.80. The van der Waals surface area contributed by atoms with Crippen LogP contribution in [0, 0.1) is 0 Å². The number of carbonyl (C=O) groups excluding carboxylic acids is 2. The maximum absolute atomic E-state index is 11.8. The van der Waals surface area contributed by atoms with Gasteiger partial charge in [-0.3, -0.25) is 4.79 Å². The lowest BCUT2D eigenvalue weighted by Gasteiger charge is -2.19. The van der Waals surface area contributed by atoms with Crippen LogP contribution in [0.5, 0.6) is 0 Å². The molecule has 18 heavy (non-hydrogen) atoms. The number of halogens is 1. The largest absolute Gasteiger partial charge is 0.465 e. The van der Waals surface area contributed by atoms with E-state index >= 15 is 0 Å². The van der Waals surface area contributed by atoms with Gasteiger partial charge in [-0.05, 0) is 32.0 Å². The molecule has 0 aliphatic rings. The number of hydrogen-bond acceptors (Lipinski definition) is 4. The third-order valence-electron chi connectivity index (χ3n) is 2.22. The average molecular weight is 271 g/mol. The molecular weight excluding hydrogens is 256 g/mol. The molecule has 0 aliphatic heterocycles. The van der Waals surface area contributed by atoms with Crippen molar-refractivity contribution in [3.05, 3.63) is 28.8 Å². The summed E-state index contributed by atoms with van der Waals surface area (Å²) in [6, 6.07) is 4.49. The highest BCUT2D eigenvalue weighted by molar-refractivity contribution is 6.31. The number of methoxy groups -OCH3 is 1. The molecule has 0 bridgehead atoms. The highest BCUT2D eigenvalue weighted by atomic mass is 35.5. The molecular formula is C12H15ClN2O3. The van der Waals surface area contributed by atoms with Crippen molar-refractivity contribution < 1.29 is 14.3 Å². The van der Waals surface area contributed by atoms with Crippen molar-refractivity contribution in [3.63, 3.8) is 0 Å². The van der Waals surface area contributed by atoms with E-state index in [1.54, 1.807) is 13.8 Å². The second-order valence-corrected chi connectivity index (χ2v) is 4.79. The molecule has 0 aromatic heterocycles. The summed E-state index contributed by atoms with van der Waals surface area (Å²) in [6.45, 7) is 3.12. The molecule has 1 aromatic rings. The Labute approximate surface area is 110 Å². The van der Waals surface area contributed by atoms with Crippen molar-refractivity contribution >= 4 is 29.2 Å². The number of benzene rings is 1. The number of hydrogen-bond donors (Lipinski definition) is 2. The van der Waals surface area contributed by atoms with Crippen LogP contribution in [-0.4, -0.2) is 24.5 Å². The summed E-state index contributed by atoms with van der Waals surface area (Å²) in [5, 5.41) is 2.95. The Balaban J connectivity index is 3.11. The van der Waals surface area contributed by atoms with Gasteiger partial charge in [-0.2, -0.15) is 0 Å². The number of esters is 1.